The molecule has 7 nitrogen and oxygen atoms in total. The summed E-state index contributed by atoms with van der Waals surface area (Å²) in [5.41, 5.74) is 0.425. The smallest absolute Gasteiger partial charge is 0.313 e. The topological polar surface area (TPSA) is 76.6 Å². The molecule has 2 heterocycles. The molecule has 1 aliphatic carbocycles. The Bertz CT molecular complexity index is 1350. The Labute approximate surface area is 220 Å². The lowest BCUT2D eigenvalue weighted by Gasteiger charge is -2.51. The van der Waals surface area contributed by atoms with Crippen LogP contribution < -0.4 is 15.0 Å². The van der Waals surface area contributed by atoms with Crippen molar-refractivity contribution in [2.45, 2.75) is 31.7 Å². The molecular formula is C29H32F2N4O3. The van der Waals surface area contributed by atoms with Crippen molar-refractivity contribution in [1.29, 1.82) is 0 Å². The standard InChI is InChI=1S/C29H32F2N4O3/c1-37-23-6-8-26-24(16-23)27(34-18-33-26)35-13-10-20-15-22(9-11-29(20,17-35)28(36)38-2)32-12-3-4-19-14-21(30)5-7-25(19)31/h3-8,14,16,18,20,22,32H,9-13,15,17H2,1-2H3/b4-3+/t20-,22-,29-/m0/s1. The van der Waals surface area contributed by atoms with Crippen LogP contribution in [0.4, 0.5) is 14.6 Å². The molecule has 38 heavy (non-hydrogen) atoms. The Hall–Kier alpha value is -3.59. The Morgan fingerprint density at radius 2 is 2.05 bits per heavy atom. The van der Waals surface area contributed by atoms with Crippen LogP contribution in [0.3, 0.4) is 0 Å². The monoisotopic (exact) mass is 522 g/mol. The number of rotatable bonds is 7. The number of esters is 1. The van der Waals surface area contributed by atoms with E-state index >= 15 is 0 Å². The van der Waals surface area contributed by atoms with E-state index in [4.69, 9.17) is 9.47 Å². The lowest BCUT2D eigenvalue weighted by atomic mass is 9.61. The molecule has 1 N–H and O–H groups in total. The van der Waals surface area contributed by atoms with Gasteiger partial charge in [-0.25, -0.2) is 18.7 Å². The summed E-state index contributed by atoms with van der Waals surface area (Å²) in [5, 5.41) is 4.40. The molecule has 5 rings (SSSR count). The molecule has 3 aromatic rings. The van der Waals surface area contributed by atoms with Gasteiger partial charge in [0, 0.05) is 36.6 Å². The number of hydrogen-bond donors (Lipinski definition) is 1. The number of benzene rings is 2. The third-order valence-electron chi connectivity index (χ3n) is 8.00. The average molecular weight is 523 g/mol. The van der Waals surface area contributed by atoms with Gasteiger partial charge in [0.2, 0.25) is 0 Å². The van der Waals surface area contributed by atoms with Gasteiger partial charge in [-0.2, -0.15) is 0 Å². The highest BCUT2D eigenvalue weighted by atomic mass is 19.1. The SMILES string of the molecule is COC(=O)[C@]12CC[C@H](NC/C=C/c3cc(F)ccc3F)C[C@@H]1CCN(c1ncnc3ccc(OC)cc13)C2. The maximum absolute atomic E-state index is 13.9. The van der Waals surface area contributed by atoms with Gasteiger partial charge in [0.15, 0.2) is 0 Å². The summed E-state index contributed by atoms with van der Waals surface area (Å²) in [6.07, 6.45) is 8.11. The fraction of sp³-hybridized carbons (Fsp3) is 0.414. The van der Waals surface area contributed by atoms with Crippen LogP contribution in [0, 0.1) is 23.0 Å². The van der Waals surface area contributed by atoms with Gasteiger partial charge in [0.25, 0.3) is 0 Å². The van der Waals surface area contributed by atoms with E-state index in [0.29, 0.717) is 19.5 Å². The van der Waals surface area contributed by atoms with Gasteiger partial charge in [-0.1, -0.05) is 12.2 Å². The molecule has 2 aromatic carbocycles. The van der Waals surface area contributed by atoms with Gasteiger partial charge in [-0.05, 0) is 68.0 Å². The van der Waals surface area contributed by atoms with Crippen LogP contribution in [-0.4, -0.2) is 55.8 Å². The third kappa shape index (κ3) is 5.07. The summed E-state index contributed by atoms with van der Waals surface area (Å²) in [7, 11) is 3.09. The van der Waals surface area contributed by atoms with Crippen LogP contribution in [0.5, 0.6) is 5.75 Å². The van der Waals surface area contributed by atoms with E-state index in [-0.39, 0.29) is 23.5 Å². The first-order chi connectivity index (χ1) is 18.4. The number of anilines is 1. The van der Waals surface area contributed by atoms with Gasteiger partial charge in [0.1, 0.15) is 29.5 Å². The highest BCUT2D eigenvalue weighted by molar-refractivity contribution is 5.91. The Kier molecular flexibility index (Phi) is 7.56. The van der Waals surface area contributed by atoms with E-state index in [1.807, 2.05) is 18.2 Å². The molecule has 1 saturated heterocycles. The van der Waals surface area contributed by atoms with E-state index in [2.05, 4.69) is 20.2 Å². The van der Waals surface area contributed by atoms with Crippen molar-refractivity contribution in [3.8, 4) is 5.75 Å². The van der Waals surface area contributed by atoms with E-state index in [0.717, 1.165) is 60.4 Å². The van der Waals surface area contributed by atoms with Crippen molar-refractivity contribution in [2.75, 3.05) is 38.8 Å². The summed E-state index contributed by atoms with van der Waals surface area (Å²) < 4.78 is 38.0. The number of aromatic nitrogens is 2. The van der Waals surface area contributed by atoms with Crippen LogP contribution in [0.1, 0.15) is 31.2 Å². The largest absolute Gasteiger partial charge is 0.497 e. The molecule has 0 amide bonds. The number of halogens is 2. The molecule has 0 spiro atoms. The van der Waals surface area contributed by atoms with Gasteiger partial charge in [-0.3, -0.25) is 4.79 Å². The summed E-state index contributed by atoms with van der Waals surface area (Å²) in [4.78, 5) is 24.4. The number of piperidine rings is 1. The van der Waals surface area contributed by atoms with Crippen molar-refractivity contribution in [3.05, 3.63) is 66.0 Å². The minimum atomic E-state index is -0.623. The lowest BCUT2D eigenvalue weighted by Crippen LogP contribution is -2.58. The van der Waals surface area contributed by atoms with Crippen molar-refractivity contribution < 1.29 is 23.0 Å². The minimum absolute atomic E-state index is 0.157. The van der Waals surface area contributed by atoms with Crippen molar-refractivity contribution in [2.24, 2.45) is 11.3 Å². The lowest BCUT2D eigenvalue weighted by molar-refractivity contribution is -0.160. The fourth-order valence-corrected chi connectivity index (χ4v) is 6.02. The number of hydrogen-bond acceptors (Lipinski definition) is 7. The molecule has 1 aromatic heterocycles. The van der Waals surface area contributed by atoms with E-state index in [9.17, 15) is 13.6 Å². The van der Waals surface area contributed by atoms with Crippen LogP contribution in [0.15, 0.2) is 48.8 Å². The highest BCUT2D eigenvalue weighted by Gasteiger charge is 2.53. The van der Waals surface area contributed by atoms with Gasteiger partial charge in [-0.15, -0.1) is 0 Å². The second kappa shape index (κ2) is 11.0. The number of methoxy groups -OCH3 is 2. The normalized spacial score (nSPS) is 23.4. The fourth-order valence-electron chi connectivity index (χ4n) is 6.02. The van der Waals surface area contributed by atoms with Gasteiger partial charge < -0.3 is 19.7 Å². The first-order valence-electron chi connectivity index (χ1n) is 12.9. The number of nitrogens with one attached hydrogen (secondary N) is 1. The molecule has 0 bridgehead atoms. The minimum Gasteiger partial charge on any atom is -0.497 e. The van der Waals surface area contributed by atoms with Crippen molar-refractivity contribution in [1.82, 2.24) is 15.3 Å². The maximum atomic E-state index is 13.9. The first-order valence-corrected chi connectivity index (χ1v) is 12.9. The zero-order valence-corrected chi connectivity index (χ0v) is 21.6. The predicted molar refractivity (Wildman–Crippen MR) is 142 cm³/mol. The zero-order valence-electron chi connectivity index (χ0n) is 21.6. The maximum Gasteiger partial charge on any atom is 0.313 e. The van der Waals surface area contributed by atoms with Crippen LogP contribution in [0.25, 0.3) is 17.0 Å². The molecule has 9 heteroatoms. The second-order valence-electron chi connectivity index (χ2n) is 10.1. The molecule has 200 valence electrons. The van der Waals surface area contributed by atoms with E-state index in [1.165, 1.54) is 13.2 Å². The first kappa shape index (κ1) is 26.0. The quantitative estimate of drug-likeness (QED) is 0.449. The van der Waals surface area contributed by atoms with E-state index < -0.39 is 17.0 Å². The van der Waals surface area contributed by atoms with Crippen molar-refractivity contribution >= 4 is 28.8 Å². The summed E-state index contributed by atoms with van der Waals surface area (Å²) in [6, 6.07) is 9.36. The molecule has 2 aliphatic rings. The number of carbonyl (C=O) groups is 1. The van der Waals surface area contributed by atoms with Crippen LogP contribution in [-0.2, 0) is 9.53 Å². The molecule has 0 unspecified atom stereocenters. The molecule has 0 radical (unpaired) electrons. The van der Waals surface area contributed by atoms with E-state index in [1.54, 1.807) is 25.6 Å². The molecule has 1 saturated carbocycles. The number of ether oxygens (including phenoxy) is 2. The van der Waals surface area contributed by atoms with Crippen LogP contribution in [0.2, 0.25) is 0 Å². The summed E-state index contributed by atoms with van der Waals surface area (Å²) in [5.74, 6) is 0.584. The second-order valence-corrected chi connectivity index (χ2v) is 10.1. The van der Waals surface area contributed by atoms with Gasteiger partial charge in [0.05, 0.1) is 25.2 Å². The summed E-state index contributed by atoms with van der Waals surface area (Å²) in [6.45, 7) is 1.82. The molecule has 2 fully saturated rings. The Balaban J connectivity index is 1.30. The third-order valence-corrected chi connectivity index (χ3v) is 8.00. The molecular weight excluding hydrogens is 490 g/mol. The summed E-state index contributed by atoms with van der Waals surface area (Å²) >= 11 is 0. The number of fused-ring (bicyclic) bond motifs is 2. The number of carbonyl (C=O) groups excluding carboxylic acids is 1. The molecule has 3 atom stereocenters. The predicted octanol–water partition coefficient (Wildman–Crippen LogP) is 4.76. The van der Waals surface area contributed by atoms with Crippen LogP contribution >= 0.6 is 0 Å². The average Bonchev–Trinajstić information content (AvgIpc) is 2.95. The Morgan fingerprint density at radius 3 is 2.87 bits per heavy atom. The molecule has 1 aliphatic heterocycles. The number of nitrogens with zero attached hydrogens (tertiary/aromatic N) is 3. The van der Waals surface area contributed by atoms with Crippen molar-refractivity contribution in [3.63, 3.8) is 0 Å². The highest BCUT2D eigenvalue weighted by Crippen LogP contribution is 2.48. The Morgan fingerprint density at radius 1 is 1.18 bits per heavy atom. The van der Waals surface area contributed by atoms with Gasteiger partial charge >= 0.3 is 5.97 Å². The zero-order chi connectivity index (χ0) is 26.7.